The Bertz CT molecular complexity index is 1160. The molecule has 0 amide bonds. The highest BCUT2D eigenvalue weighted by Crippen LogP contribution is 2.25. The fourth-order valence-corrected chi connectivity index (χ4v) is 3.79. The van der Waals surface area contributed by atoms with Crippen LogP contribution in [0.5, 0.6) is 0 Å². The summed E-state index contributed by atoms with van der Waals surface area (Å²) in [7, 11) is 0. The van der Waals surface area contributed by atoms with Gasteiger partial charge in [-0.15, -0.1) is 0 Å². The maximum absolute atomic E-state index is 12.4. The van der Waals surface area contributed by atoms with Crippen LogP contribution in [-0.4, -0.2) is 19.7 Å². The highest BCUT2D eigenvalue weighted by Gasteiger charge is 2.14. The minimum absolute atomic E-state index is 0.138. The molecule has 0 saturated heterocycles. The van der Waals surface area contributed by atoms with Crippen LogP contribution in [0.1, 0.15) is 31.9 Å². The van der Waals surface area contributed by atoms with Crippen LogP contribution in [-0.2, 0) is 11.2 Å². The Hall–Kier alpha value is -2.86. The van der Waals surface area contributed by atoms with Crippen molar-refractivity contribution in [3.05, 3.63) is 82.3 Å². The van der Waals surface area contributed by atoms with Gasteiger partial charge in [0.15, 0.2) is 10.8 Å². The van der Waals surface area contributed by atoms with Gasteiger partial charge in [0.2, 0.25) is 0 Å². The third-order valence-electron chi connectivity index (χ3n) is 4.61. The van der Waals surface area contributed by atoms with Gasteiger partial charge in [-0.3, -0.25) is 4.79 Å². The smallest absolute Gasteiger partial charge is 0.262 e. The van der Waals surface area contributed by atoms with Crippen LogP contribution in [0.25, 0.3) is 16.7 Å². The Morgan fingerprint density at radius 1 is 1.04 bits per heavy atom. The molecule has 0 bridgehead atoms. The van der Waals surface area contributed by atoms with Gasteiger partial charge in [0, 0.05) is 5.75 Å². The quantitative estimate of drug-likeness (QED) is 0.405. The van der Waals surface area contributed by atoms with Crippen molar-refractivity contribution in [1.29, 1.82) is 0 Å². The number of aromatic nitrogens is 4. The first-order valence-electron chi connectivity index (χ1n) is 9.17. The predicted octanol–water partition coefficient (Wildman–Crippen LogP) is 4.70. The van der Waals surface area contributed by atoms with Crippen molar-refractivity contribution in [2.45, 2.75) is 37.1 Å². The van der Waals surface area contributed by atoms with E-state index in [4.69, 9.17) is 0 Å². The molecule has 2 aromatic heterocycles. The summed E-state index contributed by atoms with van der Waals surface area (Å²) in [5.74, 6) is 0.734. The fourth-order valence-electron chi connectivity index (χ4n) is 2.98. The Labute approximate surface area is 167 Å². The van der Waals surface area contributed by atoms with Gasteiger partial charge in [0.25, 0.3) is 5.56 Å². The molecule has 1 N–H and O–H groups in total. The van der Waals surface area contributed by atoms with Gasteiger partial charge in [-0.1, -0.05) is 75.0 Å². The standard InChI is InChI=1S/C22H22N4OS/c1-22(2,3)16-11-9-15(10-12-16)14-28-21-24-19-18(20(27)25-21)13-23-26(19)17-7-5-4-6-8-17/h4-13H,14H2,1-3H3,(H,24,25,27). The number of hydrogen-bond acceptors (Lipinski definition) is 4. The van der Waals surface area contributed by atoms with Crippen molar-refractivity contribution in [3.8, 4) is 5.69 Å². The Morgan fingerprint density at radius 2 is 1.75 bits per heavy atom. The van der Waals surface area contributed by atoms with Crippen LogP contribution in [0.4, 0.5) is 0 Å². The van der Waals surface area contributed by atoms with Gasteiger partial charge in [-0.25, -0.2) is 9.67 Å². The lowest BCUT2D eigenvalue weighted by molar-refractivity contribution is 0.590. The second-order valence-electron chi connectivity index (χ2n) is 7.74. The second kappa shape index (κ2) is 7.28. The lowest BCUT2D eigenvalue weighted by Gasteiger charge is -2.19. The Balaban J connectivity index is 1.60. The minimum atomic E-state index is -0.169. The SMILES string of the molecule is CC(C)(C)c1ccc(CSc2nc3c(cnn3-c3ccccc3)c(=O)[nH]2)cc1. The first-order chi connectivity index (χ1) is 13.4. The van der Waals surface area contributed by atoms with Crippen LogP contribution >= 0.6 is 11.8 Å². The number of fused-ring (bicyclic) bond motifs is 1. The number of benzene rings is 2. The molecule has 6 heteroatoms. The molecule has 0 aliphatic carbocycles. The molecule has 0 atom stereocenters. The first kappa shape index (κ1) is 18.5. The molecule has 0 aliphatic rings. The number of H-pyrrole nitrogens is 1. The molecular weight excluding hydrogens is 368 g/mol. The van der Waals surface area contributed by atoms with E-state index in [-0.39, 0.29) is 11.0 Å². The van der Waals surface area contributed by atoms with E-state index in [1.54, 1.807) is 10.9 Å². The van der Waals surface area contributed by atoms with Crippen LogP contribution in [0.15, 0.2) is 70.7 Å². The summed E-state index contributed by atoms with van der Waals surface area (Å²) in [6, 6.07) is 18.3. The number of nitrogens with zero attached hydrogens (tertiary/aromatic N) is 3. The Kier molecular flexibility index (Phi) is 4.81. The predicted molar refractivity (Wildman–Crippen MR) is 114 cm³/mol. The molecule has 0 radical (unpaired) electrons. The van der Waals surface area contributed by atoms with Gasteiger partial charge < -0.3 is 4.98 Å². The van der Waals surface area contributed by atoms with Crippen molar-refractivity contribution in [1.82, 2.24) is 19.7 Å². The maximum Gasteiger partial charge on any atom is 0.262 e. The van der Waals surface area contributed by atoms with Crippen molar-refractivity contribution < 1.29 is 0 Å². The zero-order chi connectivity index (χ0) is 19.7. The molecule has 0 fully saturated rings. The van der Waals surface area contributed by atoms with Crippen LogP contribution in [0, 0.1) is 0 Å². The zero-order valence-electron chi connectivity index (χ0n) is 16.1. The van der Waals surface area contributed by atoms with E-state index >= 15 is 0 Å². The van der Waals surface area contributed by atoms with Crippen LogP contribution in [0.2, 0.25) is 0 Å². The van der Waals surface area contributed by atoms with Crippen molar-refractivity contribution >= 4 is 22.8 Å². The number of aromatic amines is 1. The maximum atomic E-state index is 12.4. The molecule has 0 aliphatic heterocycles. The Morgan fingerprint density at radius 3 is 2.43 bits per heavy atom. The number of rotatable bonds is 4. The van der Waals surface area contributed by atoms with E-state index in [2.05, 4.69) is 60.1 Å². The van der Waals surface area contributed by atoms with Crippen molar-refractivity contribution in [2.24, 2.45) is 0 Å². The third kappa shape index (κ3) is 3.73. The van der Waals surface area contributed by atoms with Gasteiger partial charge in [-0.05, 0) is 28.7 Å². The van der Waals surface area contributed by atoms with Crippen LogP contribution < -0.4 is 5.56 Å². The minimum Gasteiger partial charge on any atom is -0.301 e. The summed E-state index contributed by atoms with van der Waals surface area (Å²) < 4.78 is 1.70. The lowest BCUT2D eigenvalue weighted by Crippen LogP contribution is -2.10. The summed E-state index contributed by atoms with van der Waals surface area (Å²) in [4.78, 5) is 20.0. The molecular formula is C22H22N4OS. The van der Waals surface area contributed by atoms with Crippen molar-refractivity contribution in [2.75, 3.05) is 0 Å². The number of thioether (sulfide) groups is 1. The molecule has 2 heterocycles. The highest BCUT2D eigenvalue weighted by molar-refractivity contribution is 7.98. The number of hydrogen-bond donors (Lipinski definition) is 1. The van der Waals surface area contributed by atoms with E-state index in [1.807, 2.05) is 30.3 Å². The zero-order valence-corrected chi connectivity index (χ0v) is 17.0. The van der Waals surface area contributed by atoms with Crippen LogP contribution in [0.3, 0.4) is 0 Å². The monoisotopic (exact) mass is 390 g/mol. The van der Waals surface area contributed by atoms with E-state index in [9.17, 15) is 4.79 Å². The number of nitrogens with one attached hydrogen (secondary N) is 1. The normalized spacial score (nSPS) is 11.8. The molecule has 0 unspecified atom stereocenters. The molecule has 4 rings (SSSR count). The topological polar surface area (TPSA) is 63.6 Å². The van der Waals surface area contributed by atoms with E-state index in [1.165, 1.54) is 22.9 Å². The van der Waals surface area contributed by atoms with Gasteiger partial charge in [0.05, 0.1) is 11.9 Å². The van der Waals surface area contributed by atoms with Gasteiger partial charge in [-0.2, -0.15) is 5.10 Å². The average molecular weight is 391 g/mol. The molecule has 2 aromatic carbocycles. The molecule has 0 saturated carbocycles. The molecule has 28 heavy (non-hydrogen) atoms. The van der Waals surface area contributed by atoms with E-state index < -0.39 is 0 Å². The molecule has 4 aromatic rings. The molecule has 5 nitrogen and oxygen atoms in total. The number of para-hydroxylation sites is 1. The lowest BCUT2D eigenvalue weighted by atomic mass is 9.87. The van der Waals surface area contributed by atoms with Crippen molar-refractivity contribution in [3.63, 3.8) is 0 Å². The first-order valence-corrected chi connectivity index (χ1v) is 10.2. The van der Waals surface area contributed by atoms with E-state index in [0.29, 0.717) is 16.2 Å². The second-order valence-corrected chi connectivity index (χ2v) is 8.70. The van der Waals surface area contributed by atoms with Gasteiger partial charge in [0.1, 0.15) is 5.39 Å². The van der Waals surface area contributed by atoms with E-state index in [0.717, 1.165) is 11.4 Å². The highest BCUT2D eigenvalue weighted by atomic mass is 32.2. The summed E-state index contributed by atoms with van der Waals surface area (Å²) >= 11 is 1.52. The van der Waals surface area contributed by atoms with Gasteiger partial charge >= 0.3 is 0 Å². The largest absolute Gasteiger partial charge is 0.301 e. The summed E-state index contributed by atoms with van der Waals surface area (Å²) in [5.41, 5.74) is 3.92. The summed E-state index contributed by atoms with van der Waals surface area (Å²) in [6.07, 6.45) is 1.56. The third-order valence-corrected chi connectivity index (χ3v) is 5.56. The fraction of sp³-hybridized carbons (Fsp3) is 0.227. The molecule has 142 valence electrons. The summed E-state index contributed by atoms with van der Waals surface area (Å²) in [5, 5.41) is 5.42. The molecule has 0 spiro atoms. The summed E-state index contributed by atoms with van der Waals surface area (Å²) in [6.45, 7) is 6.61. The average Bonchev–Trinajstić information content (AvgIpc) is 3.11.